The Bertz CT molecular complexity index is 1170. The van der Waals surface area contributed by atoms with Crippen molar-refractivity contribution >= 4 is 34.6 Å². The van der Waals surface area contributed by atoms with Crippen LogP contribution in [0.1, 0.15) is 43.2 Å². The van der Waals surface area contributed by atoms with E-state index < -0.39 is 0 Å². The molecule has 0 radical (unpaired) electrons. The average Bonchev–Trinajstić information content (AvgIpc) is 3.19. The smallest absolute Gasteiger partial charge is 0.267 e. The predicted molar refractivity (Wildman–Crippen MR) is 140 cm³/mol. The molecule has 34 heavy (non-hydrogen) atoms. The Hall–Kier alpha value is -3.31. The third kappa shape index (κ3) is 5.42. The maximum atomic E-state index is 13.5. The maximum absolute atomic E-state index is 13.5. The minimum atomic E-state index is 0.0657. The van der Waals surface area contributed by atoms with Gasteiger partial charge in [-0.1, -0.05) is 79.9 Å². The first-order valence-corrected chi connectivity index (χ1v) is 12.7. The van der Waals surface area contributed by atoms with Crippen LogP contribution in [-0.2, 0) is 11.4 Å². The molecule has 0 spiro atoms. The van der Waals surface area contributed by atoms with E-state index in [1.54, 1.807) is 0 Å². The Labute approximate surface area is 205 Å². The van der Waals surface area contributed by atoms with Crippen molar-refractivity contribution in [1.82, 2.24) is 4.90 Å². The molecular formula is C29H28N2O2S. The number of hydrogen-bond donors (Lipinski definition) is 0. The van der Waals surface area contributed by atoms with Crippen molar-refractivity contribution < 1.29 is 9.53 Å². The lowest BCUT2D eigenvalue weighted by molar-refractivity contribution is -0.124. The first-order valence-electron chi connectivity index (χ1n) is 11.9. The van der Waals surface area contributed by atoms with E-state index in [4.69, 9.17) is 9.73 Å². The van der Waals surface area contributed by atoms with E-state index in [9.17, 15) is 4.79 Å². The normalized spacial score (nSPS) is 19.2. The van der Waals surface area contributed by atoms with E-state index in [0.717, 1.165) is 45.5 Å². The molecule has 4 nitrogen and oxygen atoms in total. The Morgan fingerprint density at radius 2 is 1.56 bits per heavy atom. The van der Waals surface area contributed by atoms with Crippen LogP contribution in [0.25, 0.3) is 6.08 Å². The zero-order valence-electron chi connectivity index (χ0n) is 19.1. The number of amides is 1. The molecule has 3 aromatic rings. The highest BCUT2D eigenvalue weighted by Crippen LogP contribution is 2.38. The molecular weight excluding hydrogens is 440 g/mol. The molecule has 172 valence electrons. The Balaban J connectivity index is 1.34. The third-order valence-electron chi connectivity index (χ3n) is 6.18. The van der Waals surface area contributed by atoms with Gasteiger partial charge in [-0.3, -0.25) is 9.69 Å². The summed E-state index contributed by atoms with van der Waals surface area (Å²) in [5.41, 5.74) is 2.99. The van der Waals surface area contributed by atoms with Gasteiger partial charge in [-0.2, -0.15) is 0 Å². The van der Waals surface area contributed by atoms with Crippen LogP contribution in [0.3, 0.4) is 0 Å². The van der Waals surface area contributed by atoms with Gasteiger partial charge in [0, 0.05) is 6.04 Å². The lowest BCUT2D eigenvalue weighted by Gasteiger charge is -2.30. The van der Waals surface area contributed by atoms with E-state index >= 15 is 0 Å². The van der Waals surface area contributed by atoms with Crippen molar-refractivity contribution in [1.29, 1.82) is 0 Å². The van der Waals surface area contributed by atoms with E-state index in [-0.39, 0.29) is 11.9 Å². The molecule has 1 aliphatic carbocycles. The molecule has 1 saturated heterocycles. The minimum Gasteiger partial charge on any atom is -0.489 e. The number of amidine groups is 1. The molecule has 0 bridgehead atoms. The molecule has 1 heterocycles. The molecule has 1 aliphatic heterocycles. The zero-order valence-corrected chi connectivity index (χ0v) is 19.9. The zero-order chi connectivity index (χ0) is 23.2. The van der Waals surface area contributed by atoms with E-state index in [1.165, 1.54) is 31.0 Å². The van der Waals surface area contributed by atoms with Gasteiger partial charge >= 0.3 is 0 Å². The van der Waals surface area contributed by atoms with Gasteiger partial charge in [0.1, 0.15) is 12.4 Å². The highest BCUT2D eigenvalue weighted by atomic mass is 32.2. The van der Waals surface area contributed by atoms with Crippen LogP contribution in [0.5, 0.6) is 5.75 Å². The quantitative estimate of drug-likeness (QED) is 0.359. The summed E-state index contributed by atoms with van der Waals surface area (Å²) in [5.74, 6) is 0.877. The van der Waals surface area contributed by atoms with Gasteiger partial charge in [0.15, 0.2) is 5.17 Å². The van der Waals surface area contributed by atoms with Gasteiger partial charge in [-0.15, -0.1) is 0 Å². The maximum Gasteiger partial charge on any atom is 0.267 e. The first-order chi connectivity index (χ1) is 16.8. The first kappa shape index (κ1) is 22.5. The fourth-order valence-corrected chi connectivity index (χ4v) is 5.45. The van der Waals surface area contributed by atoms with Gasteiger partial charge in [0.05, 0.1) is 10.6 Å². The van der Waals surface area contributed by atoms with E-state index in [1.807, 2.05) is 95.9 Å². The standard InChI is InChI=1S/C29H28N2O2S/c32-28-27(20-22-16-18-26(19-17-22)33-21-23-10-4-1-5-11-23)34-29(30-24-12-6-2-7-13-24)31(28)25-14-8-3-9-15-25/h1-2,4-7,10-13,16-20,25H,3,8-9,14-15,21H2/b27-20-,30-29?. The number of rotatable bonds is 6. The molecule has 0 unspecified atom stereocenters. The molecule has 5 rings (SSSR count). The van der Waals surface area contributed by atoms with Crippen molar-refractivity contribution in [3.63, 3.8) is 0 Å². The van der Waals surface area contributed by atoms with Gasteiger partial charge < -0.3 is 4.74 Å². The number of hydrogen-bond acceptors (Lipinski definition) is 4. The molecule has 1 saturated carbocycles. The number of benzene rings is 3. The fraction of sp³-hybridized carbons (Fsp3) is 0.241. The summed E-state index contributed by atoms with van der Waals surface area (Å²) in [6, 6.07) is 28.2. The second-order valence-corrected chi connectivity index (χ2v) is 9.66. The van der Waals surface area contributed by atoms with Crippen molar-refractivity contribution in [2.24, 2.45) is 4.99 Å². The summed E-state index contributed by atoms with van der Waals surface area (Å²) in [4.78, 5) is 21.0. The lowest BCUT2D eigenvalue weighted by atomic mass is 9.94. The average molecular weight is 469 g/mol. The van der Waals surface area contributed by atoms with Crippen LogP contribution in [0.15, 0.2) is 94.8 Å². The number of aliphatic imine (C=N–C) groups is 1. The van der Waals surface area contributed by atoms with Crippen LogP contribution in [0, 0.1) is 0 Å². The molecule has 5 heteroatoms. The summed E-state index contributed by atoms with van der Waals surface area (Å²) >= 11 is 1.48. The van der Waals surface area contributed by atoms with Gasteiger partial charge in [-0.25, -0.2) is 4.99 Å². The fourth-order valence-electron chi connectivity index (χ4n) is 4.39. The van der Waals surface area contributed by atoms with Crippen LogP contribution in [0.4, 0.5) is 5.69 Å². The van der Waals surface area contributed by atoms with Crippen molar-refractivity contribution in [3.05, 3.63) is 101 Å². The Kier molecular flexibility index (Phi) is 7.10. The monoisotopic (exact) mass is 468 g/mol. The number of ether oxygens (including phenoxy) is 1. The summed E-state index contributed by atoms with van der Waals surface area (Å²) in [7, 11) is 0. The summed E-state index contributed by atoms with van der Waals surface area (Å²) in [6.45, 7) is 0.533. The SMILES string of the molecule is O=C1/C(=C/c2ccc(OCc3ccccc3)cc2)SC(=Nc2ccccc2)N1C1CCCCC1. The number of para-hydroxylation sites is 1. The summed E-state index contributed by atoms with van der Waals surface area (Å²) in [5, 5.41) is 0.789. The van der Waals surface area contributed by atoms with Crippen LogP contribution < -0.4 is 4.74 Å². The van der Waals surface area contributed by atoms with Gasteiger partial charge in [0.2, 0.25) is 0 Å². The second-order valence-electron chi connectivity index (χ2n) is 8.65. The summed E-state index contributed by atoms with van der Waals surface area (Å²) in [6.07, 6.45) is 7.64. The van der Waals surface area contributed by atoms with Crippen molar-refractivity contribution in [3.8, 4) is 5.75 Å². The molecule has 0 N–H and O–H groups in total. The topological polar surface area (TPSA) is 41.9 Å². The minimum absolute atomic E-state index is 0.0657. The molecule has 2 fully saturated rings. The number of carbonyl (C=O) groups excluding carboxylic acids is 1. The number of carbonyl (C=O) groups is 1. The van der Waals surface area contributed by atoms with E-state index in [0.29, 0.717) is 6.61 Å². The Morgan fingerprint density at radius 3 is 2.26 bits per heavy atom. The van der Waals surface area contributed by atoms with Gasteiger partial charge in [0.25, 0.3) is 5.91 Å². The Morgan fingerprint density at radius 1 is 0.882 bits per heavy atom. The molecule has 0 atom stereocenters. The second kappa shape index (κ2) is 10.7. The lowest BCUT2D eigenvalue weighted by Crippen LogP contribution is -2.40. The highest BCUT2D eigenvalue weighted by molar-refractivity contribution is 8.18. The van der Waals surface area contributed by atoms with Crippen LogP contribution >= 0.6 is 11.8 Å². The van der Waals surface area contributed by atoms with E-state index in [2.05, 4.69) is 0 Å². The van der Waals surface area contributed by atoms with Crippen LogP contribution in [0.2, 0.25) is 0 Å². The molecule has 3 aromatic carbocycles. The van der Waals surface area contributed by atoms with Crippen molar-refractivity contribution in [2.45, 2.75) is 44.8 Å². The summed E-state index contributed by atoms with van der Waals surface area (Å²) < 4.78 is 5.90. The van der Waals surface area contributed by atoms with Gasteiger partial charge in [-0.05, 0) is 66.1 Å². The number of thioether (sulfide) groups is 1. The molecule has 2 aliphatic rings. The molecule has 1 amide bonds. The largest absolute Gasteiger partial charge is 0.489 e. The predicted octanol–water partition coefficient (Wildman–Crippen LogP) is 7.20. The van der Waals surface area contributed by atoms with Crippen LogP contribution in [-0.4, -0.2) is 22.0 Å². The third-order valence-corrected chi connectivity index (χ3v) is 7.17. The highest BCUT2D eigenvalue weighted by Gasteiger charge is 2.38. The number of nitrogens with zero attached hydrogens (tertiary/aromatic N) is 2. The van der Waals surface area contributed by atoms with Crippen molar-refractivity contribution in [2.75, 3.05) is 0 Å². The molecule has 0 aromatic heterocycles.